The van der Waals surface area contributed by atoms with Gasteiger partial charge in [0.2, 0.25) is 0 Å². The number of nitrogens with one attached hydrogen (secondary N) is 1. The first-order chi connectivity index (χ1) is 14.0. The zero-order chi connectivity index (χ0) is 22.6. The van der Waals surface area contributed by atoms with Gasteiger partial charge in [0.15, 0.2) is 23.0 Å². The van der Waals surface area contributed by atoms with E-state index < -0.39 is 0 Å². The molecule has 0 radical (unpaired) electrons. The molecule has 0 amide bonds. The van der Waals surface area contributed by atoms with E-state index in [0.29, 0.717) is 17.9 Å². The fourth-order valence-electron chi connectivity index (χ4n) is 3.60. The third kappa shape index (κ3) is 6.47. The van der Waals surface area contributed by atoms with Gasteiger partial charge in [0.05, 0.1) is 13.2 Å². The third-order valence-electron chi connectivity index (χ3n) is 4.58. The summed E-state index contributed by atoms with van der Waals surface area (Å²) in [7, 11) is 5.24. The van der Waals surface area contributed by atoms with Crippen molar-refractivity contribution in [3.63, 3.8) is 0 Å². The van der Waals surface area contributed by atoms with Crippen molar-refractivity contribution in [1.29, 1.82) is 0 Å². The number of carbonyl (C=O) groups is 1. The maximum Gasteiger partial charge on any atom is 0.197 e. The average Bonchev–Trinajstić information content (AvgIpc) is 2.74. The Bertz CT molecular complexity index is 657. The maximum atomic E-state index is 12.1. The van der Waals surface area contributed by atoms with Crippen LogP contribution in [-0.2, 0) is 14.3 Å². The minimum atomic E-state index is -0.163. The Labute approximate surface area is 175 Å². The lowest BCUT2D eigenvalue weighted by atomic mass is 9.68. The molecule has 0 heterocycles. The minimum absolute atomic E-state index is 0.0457. The summed E-state index contributed by atoms with van der Waals surface area (Å²) in [5.41, 5.74) is 1.50. The number of rotatable bonds is 3. The highest BCUT2D eigenvalue weighted by Crippen LogP contribution is 2.52. The number of phenols is 2. The van der Waals surface area contributed by atoms with Crippen molar-refractivity contribution in [2.45, 2.75) is 59.5 Å². The van der Waals surface area contributed by atoms with Crippen molar-refractivity contribution in [2.24, 2.45) is 5.92 Å². The molecule has 0 saturated heterocycles. The van der Waals surface area contributed by atoms with E-state index in [1.54, 1.807) is 6.07 Å². The monoisotopic (exact) mass is 409 g/mol. The number of Topliss-reactive ketones (excluding diaryl/α,β-unsaturated/α-hetero) is 1. The summed E-state index contributed by atoms with van der Waals surface area (Å²) in [5.74, 6) is -0.107. The van der Waals surface area contributed by atoms with Crippen LogP contribution in [0, 0.1) is 5.92 Å². The van der Waals surface area contributed by atoms with E-state index >= 15 is 0 Å². The van der Waals surface area contributed by atoms with E-state index in [1.165, 1.54) is 13.2 Å². The molecule has 0 aromatic heterocycles. The number of fused-ring (bicyclic) bond motifs is 3. The average molecular weight is 410 g/mol. The number of benzene rings is 1. The first-order valence-corrected chi connectivity index (χ1v) is 10.5. The molecule has 3 N–H and O–H groups in total. The predicted molar refractivity (Wildman–Crippen MR) is 117 cm³/mol. The lowest BCUT2D eigenvalue weighted by molar-refractivity contribution is -0.120. The fourth-order valence-corrected chi connectivity index (χ4v) is 3.60. The molecule has 6 nitrogen and oxygen atoms in total. The second-order valence-electron chi connectivity index (χ2n) is 6.25. The maximum absolute atomic E-state index is 12.1. The van der Waals surface area contributed by atoms with Crippen LogP contribution in [0.3, 0.4) is 0 Å². The number of methoxy groups -OCH3 is 1. The van der Waals surface area contributed by atoms with Gasteiger partial charge < -0.3 is 25.0 Å². The van der Waals surface area contributed by atoms with Gasteiger partial charge in [0, 0.05) is 24.5 Å². The number of ether oxygens (including phenoxy) is 2. The highest BCUT2D eigenvalue weighted by molar-refractivity contribution is 5.95. The Hall–Kier alpha value is -2.05. The van der Waals surface area contributed by atoms with Gasteiger partial charge in [-0.2, -0.15) is 0 Å². The van der Waals surface area contributed by atoms with E-state index in [9.17, 15) is 15.0 Å². The van der Waals surface area contributed by atoms with Crippen LogP contribution in [0.25, 0.3) is 0 Å². The summed E-state index contributed by atoms with van der Waals surface area (Å²) in [6.45, 7) is 10.5. The smallest absolute Gasteiger partial charge is 0.197 e. The van der Waals surface area contributed by atoms with Gasteiger partial charge in [-0.25, -0.2) is 0 Å². The molecule has 2 aliphatic carbocycles. The topological polar surface area (TPSA) is 88.0 Å². The summed E-state index contributed by atoms with van der Waals surface area (Å²) in [6.07, 6.45) is 2.67. The number of hydrogen-bond donors (Lipinski definition) is 3. The molecule has 3 rings (SSSR count). The quantitative estimate of drug-likeness (QED) is 0.629. The molecule has 6 heteroatoms. The van der Waals surface area contributed by atoms with E-state index in [0.717, 1.165) is 12.0 Å². The van der Waals surface area contributed by atoms with Crippen molar-refractivity contribution < 1.29 is 24.5 Å². The first-order valence-electron chi connectivity index (χ1n) is 10.5. The molecule has 166 valence electrons. The van der Waals surface area contributed by atoms with Crippen LogP contribution in [0.2, 0.25) is 0 Å². The number of hydrogen-bond acceptors (Lipinski definition) is 6. The molecule has 1 aromatic rings. The van der Waals surface area contributed by atoms with E-state index in [-0.39, 0.29) is 41.6 Å². The lowest BCUT2D eigenvalue weighted by Crippen LogP contribution is -2.30. The van der Waals surface area contributed by atoms with Crippen molar-refractivity contribution in [1.82, 2.24) is 5.32 Å². The molecule has 0 fully saturated rings. The minimum Gasteiger partial charge on any atom is -0.504 e. The first kappa shape index (κ1) is 27.0. The predicted octanol–water partition coefficient (Wildman–Crippen LogP) is 4.67. The number of aromatic hydroxyl groups is 2. The van der Waals surface area contributed by atoms with Gasteiger partial charge in [-0.1, -0.05) is 33.8 Å². The van der Waals surface area contributed by atoms with Gasteiger partial charge in [-0.05, 0) is 51.1 Å². The molecular weight excluding hydrogens is 370 g/mol. The van der Waals surface area contributed by atoms with Crippen LogP contribution in [0.4, 0.5) is 0 Å². The normalized spacial score (nSPS) is 21.4. The lowest BCUT2D eigenvalue weighted by Gasteiger charge is -2.39. The summed E-state index contributed by atoms with van der Waals surface area (Å²) in [4.78, 5) is 12.1. The number of allylic oxidation sites excluding steroid dienone is 2. The molecule has 29 heavy (non-hydrogen) atoms. The largest absolute Gasteiger partial charge is 0.504 e. The van der Waals surface area contributed by atoms with E-state index in [1.807, 2.05) is 54.8 Å². The molecule has 3 unspecified atom stereocenters. The van der Waals surface area contributed by atoms with Crippen LogP contribution in [0.1, 0.15) is 70.6 Å². The van der Waals surface area contributed by atoms with Crippen LogP contribution in [0.5, 0.6) is 11.5 Å². The second-order valence-corrected chi connectivity index (χ2v) is 6.25. The number of ketones is 1. The molecule has 0 bridgehead atoms. The van der Waals surface area contributed by atoms with Crippen LogP contribution in [0.15, 0.2) is 24.0 Å². The van der Waals surface area contributed by atoms with Crippen molar-refractivity contribution in [3.8, 4) is 11.5 Å². The summed E-state index contributed by atoms with van der Waals surface area (Å²) < 4.78 is 10.9. The molecule has 2 aliphatic rings. The van der Waals surface area contributed by atoms with Gasteiger partial charge >= 0.3 is 0 Å². The zero-order valence-corrected chi connectivity index (χ0v) is 19.2. The zero-order valence-electron chi connectivity index (χ0n) is 19.2. The summed E-state index contributed by atoms with van der Waals surface area (Å²) in [6, 6.07) is 3.25. The Morgan fingerprint density at radius 3 is 2.24 bits per heavy atom. The van der Waals surface area contributed by atoms with Crippen molar-refractivity contribution in [3.05, 3.63) is 35.1 Å². The third-order valence-corrected chi connectivity index (χ3v) is 4.58. The van der Waals surface area contributed by atoms with Gasteiger partial charge in [-0.3, -0.25) is 4.79 Å². The van der Waals surface area contributed by atoms with Crippen LogP contribution in [-0.4, -0.2) is 43.8 Å². The Morgan fingerprint density at radius 2 is 1.72 bits per heavy atom. The number of phenolic OH excluding ortho intramolecular Hbond substituents is 2. The standard InChI is InChI=1S/C17H20O5.C2H7N.2C2H6/c1-3-22-14-6-9-7-15(21-2)13(19)8-11(9)16-10(14)4-5-12(18)17(16)20;1-3-2;2*1-2/h4-5,7,9,11,14,18,20H,3,6,8H2,1-2H3;3H,1-2H3;2*1-2H3. The van der Waals surface area contributed by atoms with Crippen molar-refractivity contribution >= 4 is 5.78 Å². The molecule has 0 spiro atoms. The van der Waals surface area contributed by atoms with Crippen LogP contribution < -0.4 is 5.32 Å². The molecule has 3 atom stereocenters. The highest BCUT2D eigenvalue weighted by atomic mass is 16.5. The summed E-state index contributed by atoms with van der Waals surface area (Å²) in [5, 5.41) is 22.9. The van der Waals surface area contributed by atoms with E-state index in [2.05, 4.69) is 5.32 Å². The molecule has 0 aliphatic heterocycles. The van der Waals surface area contributed by atoms with Crippen LogP contribution >= 0.6 is 0 Å². The Kier molecular flexibility index (Phi) is 13.0. The van der Waals surface area contributed by atoms with Crippen molar-refractivity contribution in [2.75, 3.05) is 27.8 Å². The SMILES string of the molecule is CC.CC.CCOC1CC2C=C(OC)C(=O)CC2c2c1ccc(O)c2O.CNC. The van der Waals surface area contributed by atoms with E-state index in [4.69, 9.17) is 9.47 Å². The highest BCUT2D eigenvalue weighted by Gasteiger charge is 2.41. The second kappa shape index (κ2) is 14.0. The fraction of sp³-hybridized carbons (Fsp3) is 0.609. The van der Waals surface area contributed by atoms with Gasteiger partial charge in [0.1, 0.15) is 0 Å². The Balaban J connectivity index is 0.00000100. The van der Waals surface area contributed by atoms with Gasteiger partial charge in [-0.15, -0.1) is 0 Å². The molecular formula is C23H39NO5. The Morgan fingerprint density at radius 1 is 1.14 bits per heavy atom. The molecule has 0 saturated carbocycles. The van der Waals surface area contributed by atoms with Gasteiger partial charge in [0.25, 0.3) is 0 Å². The number of carbonyl (C=O) groups excluding carboxylic acids is 1. The summed E-state index contributed by atoms with van der Waals surface area (Å²) >= 11 is 0. The molecule has 1 aromatic carbocycles.